The molecule has 0 atom stereocenters. The number of fused-ring (bicyclic) bond motifs is 3. The van der Waals surface area contributed by atoms with E-state index in [1.807, 2.05) is 30.3 Å². The van der Waals surface area contributed by atoms with Crippen LogP contribution in [0, 0.1) is 0 Å². The standard InChI is InChI=1S/C20H23NO4/c1-4-5-8-11-21-12-14-16(13-9-6-7-10-15(13)21)18(23)20(25-3)19(24-2)17(14)22/h4,6-7,9-10,22-23H,1,5,8,11-12H2,2-3H3. The highest BCUT2D eigenvalue weighted by atomic mass is 16.5. The lowest BCUT2D eigenvalue weighted by molar-refractivity contribution is 0.315. The van der Waals surface area contributed by atoms with E-state index < -0.39 is 0 Å². The van der Waals surface area contributed by atoms with Crippen LogP contribution in [0.3, 0.4) is 0 Å². The molecule has 5 nitrogen and oxygen atoms in total. The number of aromatic hydroxyl groups is 2. The van der Waals surface area contributed by atoms with Gasteiger partial charge in [0.2, 0.25) is 11.5 Å². The minimum absolute atomic E-state index is 0.00894. The van der Waals surface area contributed by atoms with E-state index in [2.05, 4.69) is 11.5 Å². The average Bonchev–Trinajstić information content (AvgIpc) is 2.64. The zero-order valence-electron chi connectivity index (χ0n) is 14.6. The number of hydrogen-bond donors (Lipinski definition) is 2. The zero-order valence-corrected chi connectivity index (χ0v) is 14.6. The first kappa shape index (κ1) is 17.0. The Morgan fingerprint density at radius 2 is 1.80 bits per heavy atom. The molecule has 3 rings (SSSR count). The second-order valence-corrected chi connectivity index (χ2v) is 5.99. The largest absolute Gasteiger partial charge is 0.504 e. The third kappa shape index (κ3) is 2.76. The topological polar surface area (TPSA) is 62.2 Å². The number of phenols is 2. The molecule has 0 amide bonds. The van der Waals surface area contributed by atoms with Crippen LogP contribution in [-0.2, 0) is 6.54 Å². The smallest absolute Gasteiger partial charge is 0.207 e. The summed E-state index contributed by atoms with van der Waals surface area (Å²) in [5.74, 6) is 0.304. The molecular formula is C20H23NO4. The maximum Gasteiger partial charge on any atom is 0.207 e. The van der Waals surface area contributed by atoms with Gasteiger partial charge in [0.25, 0.3) is 0 Å². The average molecular weight is 341 g/mol. The molecule has 2 N–H and O–H groups in total. The summed E-state index contributed by atoms with van der Waals surface area (Å²) >= 11 is 0. The van der Waals surface area contributed by atoms with Gasteiger partial charge in [-0.05, 0) is 18.9 Å². The van der Waals surface area contributed by atoms with Crippen molar-refractivity contribution in [1.82, 2.24) is 0 Å². The van der Waals surface area contributed by atoms with Crippen molar-refractivity contribution in [3.63, 3.8) is 0 Å². The van der Waals surface area contributed by atoms with Crippen molar-refractivity contribution in [3.8, 4) is 34.1 Å². The molecule has 0 aliphatic carbocycles. The Morgan fingerprint density at radius 3 is 2.48 bits per heavy atom. The fraction of sp³-hybridized carbons (Fsp3) is 0.300. The fourth-order valence-corrected chi connectivity index (χ4v) is 3.41. The van der Waals surface area contributed by atoms with Gasteiger partial charge in [-0.1, -0.05) is 24.3 Å². The molecule has 25 heavy (non-hydrogen) atoms. The predicted octanol–water partition coefficient (Wildman–Crippen LogP) is 4.07. The molecule has 2 aromatic rings. The maximum absolute atomic E-state index is 10.8. The van der Waals surface area contributed by atoms with Crippen molar-refractivity contribution in [2.75, 3.05) is 25.7 Å². The molecule has 0 fully saturated rings. The van der Waals surface area contributed by atoms with Crippen LogP contribution in [0.25, 0.3) is 11.1 Å². The van der Waals surface area contributed by atoms with Gasteiger partial charge in [0.05, 0.1) is 14.2 Å². The Bertz CT molecular complexity index is 801. The van der Waals surface area contributed by atoms with Crippen molar-refractivity contribution >= 4 is 5.69 Å². The van der Waals surface area contributed by atoms with Crippen LogP contribution in [-0.4, -0.2) is 31.0 Å². The summed E-state index contributed by atoms with van der Waals surface area (Å²) < 4.78 is 10.5. The normalized spacial score (nSPS) is 12.3. The van der Waals surface area contributed by atoms with Crippen LogP contribution in [0.4, 0.5) is 5.69 Å². The lowest BCUT2D eigenvalue weighted by Gasteiger charge is -2.34. The molecule has 0 saturated carbocycles. The van der Waals surface area contributed by atoms with Gasteiger partial charge in [0, 0.05) is 35.5 Å². The first-order valence-electron chi connectivity index (χ1n) is 8.28. The number of anilines is 1. The van der Waals surface area contributed by atoms with Gasteiger partial charge in [0.1, 0.15) is 0 Å². The Balaban J connectivity index is 2.19. The zero-order chi connectivity index (χ0) is 18.0. The molecule has 0 radical (unpaired) electrons. The van der Waals surface area contributed by atoms with Gasteiger partial charge in [-0.15, -0.1) is 6.58 Å². The van der Waals surface area contributed by atoms with E-state index in [-0.39, 0.29) is 23.0 Å². The van der Waals surface area contributed by atoms with Crippen molar-refractivity contribution < 1.29 is 19.7 Å². The molecule has 2 aromatic carbocycles. The number of hydrogen-bond acceptors (Lipinski definition) is 5. The lowest BCUT2D eigenvalue weighted by atomic mass is 9.90. The van der Waals surface area contributed by atoms with Gasteiger partial charge in [0.15, 0.2) is 11.5 Å². The summed E-state index contributed by atoms with van der Waals surface area (Å²) in [5.41, 5.74) is 3.15. The Hall–Kier alpha value is -2.82. The van der Waals surface area contributed by atoms with Crippen LogP contribution < -0.4 is 14.4 Å². The van der Waals surface area contributed by atoms with E-state index in [4.69, 9.17) is 9.47 Å². The van der Waals surface area contributed by atoms with E-state index in [0.29, 0.717) is 17.7 Å². The second-order valence-electron chi connectivity index (χ2n) is 5.99. The number of rotatable bonds is 6. The molecular weight excluding hydrogens is 318 g/mol. The summed E-state index contributed by atoms with van der Waals surface area (Å²) in [6, 6.07) is 7.86. The van der Waals surface area contributed by atoms with Gasteiger partial charge in [-0.25, -0.2) is 0 Å². The van der Waals surface area contributed by atoms with Crippen molar-refractivity contribution in [2.45, 2.75) is 19.4 Å². The highest BCUT2D eigenvalue weighted by molar-refractivity contribution is 5.91. The van der Waals surface area contributed by atoms with E-state index in [0.717, 1.165) is 30.6 Å². The van der Waals surface area contributed by atoms with Crippen LogP contribution >= 0.6 is 0 Å². The van der Waals surface area contributed by atoms with E-state index >= 15 is 0 Å². The molecule has 0 unspecified atom stereocenters. The van der Waals surface area contributed by atoms with Gasteiger partial charge in [-0.2, -0.15) is 0 Å². The van der Waals surface area contributed by atoms with Crippen molar-refractivity contribution in [2.24, 2.45) is 0 Å². The van der Waals surface area contributed by atoms with Gasteiger partial charge >= 0.3 is 0 Å². The quantitative estimate of drug-likeness (QED) is 0.471. The van der Waals surface area contributed by atoms with Crippen molar-refractivity contribution in [1.29, 1.82) is 0 Å². The molecule has 0 bridgehead atoms. The van der Waals surface area contributed by atoms with Gasteiger partial charge in [-0.3, -0.25) is 0 Å². The number of allylic oxidation sites excluding steroid dienone is 1. The Kier molecular flexibility index (Phi) is 4.74. The summed E-state index contributed by atoms with van der Waals surface area (Å²) in [7, 11) is 2.89. The summed E-state index contributed by atoms with van der Waals surface area (Å²) in [6.45, 7) is 5.09. The fourth-order valence-electron chi connectivity index (χ4n) is 3.41. The first-order chi connectivity index (χ1) is 12.1. The summed E-state index contributed by atoms with van der Waals surface area (Å²) in [4.78, 5) is 2.20. The van der Waals surface area contributed by atoms with Crippen LogP contribution in [0.1, 0.15) is 18.4 Å². The highest BCUT2D eigenvalue weighted by Crippen LogP contribution is 2.55. The molecule has 132 valence electrons. The number of benzene rings is 2. The summed E-state index contributed by atoms with van der Waals surface area (Å²) in [6.07, 6.45) is 3.79. The summed E-state index contributed by atoms with van der Waals surface area (Å²) in [5, 5.41) is 21.5. The number of phenolic OH excluding ortho intramolecular Hbond substituents is 2. The number of ether oxygens (including phenoxy) is 2. The van der Waals surface area contributed by atoms with E-state index in [9.17, 15) is 10.2 Å². The SMILES string of the molecule is C=CCCCN1Cc2c(O)c(OC)c(OC)c(O)c2-c2ccccc21. The monoisotopic (exact) mass is 341 g/mol. The van der Waals surface area contributed by atoms with Crippen LogP contribution in [0.5, 0.6) is 23.0 Å². The first-order valence-corrected chi connectivity index (χ1v) is 8.28. The Morgan fingerprint density at radius 1 is 1.12 bits per heavy atom. The second kappa shape index (κ2) is 6.97. The minimum atomic E-state index is -0.00894. The molecule has 1 aliphatic rings. The number of para-hydroxylation sites is 1. The molecule has 0 spiro atoms. The molecule has 0 aromatic heterocycles. The van der Waals surface area contributed by atoms with Crippen LogP contribution in [0.2, 0.25) is 0 Å². The highest BCUT2D eigenvalue weighted by Gasteiger charge is 2.32. The molecule has 1 heterocycles. The number of unbranched alkanes of at least 4 members (excludes halogenated alkanes) is 1. The number of methoxy groups -OCH3 is 2. The maximum atomic E-state index is 10.8. The number of nitrogens with zero attached hydrogens (tertiary/aromatic N) is 1. The third-order valence-electron chi connectivity index (χ3n) is 4.57. The molecule has 0 saturated heterocycles. The third-order valence-corrected chi connectivity index (χ3v) is 4.57. The minimum Gasteiger partial charge on any atom is -0.504 e. The molecule has 5 heteroatoms. The van der Waals surface area contributed by atoms with Crippen molar-refractivity contribution in [3.05, 3.63) is 42.5 Å². The van der Waals surface area contributed by atoms with E-state index in [1.54, 1.807) is 0 Å². The molecule has 1 aliphatic heterocycles. The van der Waals surface area contributed by atoms with E-state index in [1.165, 1.54) is 14.2 Å². The predicted molar refractivity (Wildman–Crippen MR) is 98.8 cm³/mol. The van der Waals surface area contributed by atoms with Gasteiger partial charge < -0.3 is 24.6 Å². The van der Waals surface area contributed by atoms with Crippen LogP contribution in [0.15, 0.2) is 36.9 Å². The lowest BCUT2D eigenvalue weighted by Crippen LogP contribution is -2.27. The Labute approximate surface area is 147 Å².